The number of aryl methyl sites for hydroxylation is 1. The summed E-state index contributed by atoms with van der Waals surface area (Å²) >= 11 is 0. The molecule has 0 heterocycles. The lowest BCUT2D eigenvalue weighted by Gasteiger charge is -2.19. The first-order valence-corrected chi connectivity index (χ1v) is 5.60. The van der Waals surface area contributed by atoms with Crippen LogP contribution in [-0.4, -0.2) is 36.9 Å². The molecule has 0 saturated heterocycles. The number of hydrogen-bond acceptors (Lipinski definition) is 3. The molecule has 0 saturated carbocycles. The normalized spacial score (nSPS) is 10.1. The fourth-order valence-corrected chi connectivity index (χ4v) is 1.48. The van der Waals surface area contributed by atoms with E-state index in [0.29, 0.717) is 18.7 Å². The minimum atomic E-state index is -0.243. The molecule has 1 rings (SSSR count). The molecule has 17 heavy (non-hydrogen) atoms. The van der Waals surface area contributed by atoms with Crippen molar-refractivity contribution in [3.05, 3.63) is 35.4 Å². The highest BCUT2D eigenvalue weighted by molar-refractivity contribution is 6.04. The number of carbonyl (C=O) groups is 2. The molecule has 0 bridgehead atoms. The van der Waals surface area contributed by atoms with E-state index >= 15 is 0 Å². The summed E-state index contributed by atoms with van der Waals surface area (Å²) in [6.07, 6.45) is 0. The third-order valence-corrected chi connectivity index (χ3v) is 2.51. The van der Waals surface area contributed by atoms with Crippen LogP contribution in [0.2, 0.25) is 0 Å². The molecule has 2 amide bonds. The quantitative estimate of drug-likeness (QED) is 0.851. The van der Waals surface area contributed by atoms with Crippen LogP contribution in [0.1, 0.15) is 22.8 Å². The summed E-state index contributed by atoms with van der Waals surface area (Å²) in [5.41, 5.74) is 1.63. The van der Waals surface area contributed by atoms with Crippen molar-refractivity contribution < 1.29 is 9.59 Å². The van der Waals surface area contributed by atoms with Crippen LogP contribution in [0.15, 0.2) is 24.3 Å². The maximum absolute atomic E-state index is 12.1. The molecular weight excluding hydrogens is 216 g/mol. The van der Waals surface area contributed by atoms with Crippen LogP contribution in [0, 0.1) is 6.92 Å². The Hall–Kier alpha value is -1.68. The van der Waals surface area contributed by atoms with Crippen LogP contribution in [0.25, 0.3) is 0 Å². The summed E-state index contributed by atoms with van der Waals surface area (Å²) in [5, 5.41) is 2.92. The highest BCUT2D eigenvalue weighted by atomic mass is 16.2. The van der Waals surface area contributed by atoms with E-state index in [-0.39, 0.29) is 11.8 Å². The van der Waals surface area contributed by atoms with E-state index in [0.717, 1.165) is 5.56 Å². The van der Waals surface area contributed by atoms with Crippen molar-refractivity contribution in [1.82, 2.24) is 10.2 Å². The maximum atomic E-state index is 12.1. The van der Waals surface area contributed by atoms with Gasteiger partial charge in [-0.15, -0.1) is 0 Å². The number of imide groups is 1. The largest absolute Gasteiger partial charge is 0.318 e. The predicted molar refractivity (Wildman–Crippen MR) is 66.8 cm³/mol. The second kappa shape index (κ2) is 6.15. The van der Waals surface area contributed by atoms with Gasteiger partial charge in [0.1, 0.15) is 0 Å². The Morgan fingerprint density at radius 3 is 2.29 bits per heavy atom. The van der Waals surface area contributed by atoms with Crippen molar-refractivity contribution in [3.63, 3.8) is 0 Å². The number of hydrogen-bond donors (Lipinski definition) is 1. The third-order valence-electron chi connectivity index (χ3n) is 2.51. The Kier molecular flexibility index (Phi) is 4.84. The topological polar surface area (TPSA) is 49.4 Å². The zero-order chi connectivity index (χ0) is 12.8. The van der Waals surface area contributed by atoms with E-state index in [2.05, 4.69) is 5.32 Å². The Balaban J connectivity index is 2.84. The summed E-state index contributed by atoms with van der Waals surface area (Å²) in [4.78, 5) is 24.7. The molecule has 0 fully saturated rings. The Morgan fingerprint density at radius 2 is 1.82 bits per heavy atom. The van der Waals surface area contributed by atoms with Gasteiger partial charge in [-0.1, -0.05) is 17.7 Å². The minimum Gasteiger partial charge on any atom is -0.318 e. The van der Waals surface area contributed by atoms with E-state index in [9.17, 15) is 9.59 Å². The van der Waals surface area contributed by atoms with E-state index in [1.807, 2.05) is 19.1 Å². The van der Waals surface area contributed by atoms with Crippen molar-refractivity contribution in [2.24, 2.45) is 0 Å². The molecule has 1 N–H and O–H groups in total. The summed E-state index contributed by atoms with van der Waals surface area (Å²) in [7, 11) is 1.79. The van der Waals surface area contributed by atoms with Gasteiger partial charge in [0.05, 0.1) is 0 Å². The molecule has 1 aromatic rings. The van der Waals surface area contributed by atoms with Gasteiger partial charge in [-0.25, -0.2) is 0 Å². The molecule has 0 spiro atoms. The minimum absolute atomic E-state index is 0.231. The summed E-state index contributed by atoms with van der Waals surface area (Å²) in [6.45, 7) is 4.34. The summed E-state index contributed by atoms with van der Waals surface area (Å²) < 4.78 is 0. The zero-order valence-electron chi connectivity index (χ0n) is 10.5. The van der Waals surface area contributed by atoms with Crippen LogP contribution in [0.3, 0.4) is 0 Å². The molecule has 92 valence electrons. The third kappa shape index (κ3) is 3.67. The van der Waals surface area contributed by atoms with Crippen molar-refractivity contribution in [2.75, 3.05) is 20.1 Å². The Bertz CT molecular complexity index is 398. The number of nitrogens with zero attached hydrogens (tertiary/aromatic N) is 1. The number of likely N-dealkylation sites (N-methyl/N-ethyl adjacent to an activating group) is 1. The lowest BCUT2D eigenvalue weighted by Crippen LogP contribution is -2.39. The smallest absolute Gasteiger partial charge is 0.260 e. The van der Waals surface area contributed by atoms with E-state index in [1.165, 1.54) is 11.8 Å². The van der Waals surface area contributed by atoms with Crippen molar-refractivity contribution in [2.45, 2.75) is 13.8 Å². The lowest BCUT2D eigenvalue weighted by molar-refractivity contribution is -0.126. The number of amides is 2. The molecule has 0 aliphatic heterocycles. The monoisotopic (exact) mass is 234 g/mol. The summed E-state index contributed by atoms with van der Waals surface area (Å²) in [6, 6.07) is 7.22. The van der Waals surface area contributed by atoms with Gasteiger partial charge in [-0.05, 0) is 26.1 Å². The van der Waals surface area contributed by atoms with Crippen molar-refractivity contribution >= 4 is 11.8 Å². The highest BCUT2D eigenvalue weighted by Gasteiger charge is 2.18. The van der Waals surface area contributed by atoms with E-state index in [1.54, 1.807) is 19.2 Å². The van der Waals surface area contributed by atoms with Gasteiger partial charge < -0.3 is 5.32 Å². The van der Waals surface area contributed by atoms with Gasteiger partial charge in [0.2, 0.25) is 5.91 Å². The van der Waals surface area contributed by atoms with Gasteiger partial charge >= 0.3 is 0 Å². The molecule has 0 aliphatic rings. The van der Waals surface area contributed by atoms with Crippen LogP contribution in [0.4, 0.5) is 0 Å². The highest BCUT2D eigenvalue weighted by Crippen LogP contribution is 2.07. The van der Waals surface area contributed by atoms with Gasteiger partial charge in [-0.2, -0.15) is 0 Å². The van der Waals surface area contributed by atoms with Crippen LogP contribution < -0.4 is 5.32 Å². The standard InChI is InChI=1S/C13H18N2O2/c1-10-4-6-12(7-5-10)13(17)15(11(2)16)9-8-14-3/h4-7,14H,8-9H2,1-3H3. The second-order valence-corrected chi connectivity index (χ2v) is 3.95. The van der Waals surface area contributed by atoms with Crippen molar-refractivity contribution in [1.29, 1.82) is 0 Å². The van der Waals surface area contributed by atoms with Crippen LogP contribution in [0.5, 0.6) is 0 Å². The van der Waals surface area contributed by atoms with Gasteiger partial charge in [0.25, 0.3) is 5.91 Å². The average Bonchev–Trinajstić information content (AvgIpc) is 2.29. The first-order chi connectivity index (χ1) is 8.06. The molecule has 0 aliphatic carbocycles. The van der Waals surface area contributed by atoms with E-state index < -0.39 is 0 Å². The first-order valence-electron chi connectivity index (χ1n) is 5.60. The van der Waals surface area contributed by atoms with Crippen molar-refractivity contribution in [3.8, 4) is 0 Å². The Morgan fingerprint density at radius 1 is 1.24 bits per heavy atom. The molecule has 0 aromatic heterocycles. The predicted octanol–water partition coefficient (Wildman–Crippen LogP) is 1.20. The lowest BCUT2D eigenvalue weighted by atomic mass is 10.1. The molecule has 0 atom stereocenters. The van der Waals surface area contributed by atoms with Gasteiger partial charge in [0.15, 0.2) is 0 Å². The molecule has 4 heteroatoms. The zero-order valence-corrected chi connectivity index (χ0v) is 10.5. The average molecular weight is 234 g/mol. The fourth-order valence-electron chi connectivity index (χ4n) is 1.48. The molecule has 1 aromatic carbocycles. The van der Waals surface area contributed by atoms with E-state index in [4.69, 9.17) is 0 Å². The SMILES string of the molecule is CNCCN(C(C)=O)C(=O)c1ccc(C)cc1. The van der Waals surface area contributed by atoms with Crippen LogP contribution in [-0.2, 0) is 4.79 Å². The molecular formula is C13H18N2O2. The van der Waals surface area contributed by atoms with Gasteiger partial charge in [0, 0.05) is 25.6 Å². The van der Waals surface area contributed by atoms with Gasteiger partial charge in [-0.3, -0.25) is 14.5 Å². The number of nitrogens with one attached hydrogen (secondary N) is 1. The summed E-state index contributed by atoms with van der Waals surface area (Å²) in [5.74, 6) is -0.474. The maximum Gasteiger partial charge on any atom is 0.260 e. The molecule has 4 nitrogen and oxygen atoms in total. The first kappa shape index (κ1) is 13.4. The molecule has 0 unspecified atom stereocenters. The number of benzene rings is 1. The Labute approximate surface area is 102 Å². The van der Waals surface area contributed by atoms with Crippen LogP contribution >= 0.6 is 0 Å². The second-order valence-electron chi connectivity index (χ2n) is 3.95. The number of carbonyl (C=O) groups excluding carboxylic acids is 2. The fraction of sp³-hybridized carbons (Fsp3) is 0.385. The number of rotatable bonds is 4. The molecule has 0 radical (unpaired) electrons.